The molecule has 9 heavy (non-hydrogen) atoms. The number of hydrogen-bond donors (Lipinski definition) is 2. The molecule has 3 N–H and O–H groups in total. The van der Waals surface area contributed by atoms with E-state index < -0.39 is 12.0 Å². The number of hydrogen-bond acceptors (Lipinski definition) is 3. The molecular weight excluding hydrogens is 120 g/mol. The van der Waals surface area contributed by atoms with Gasteiger partial charge in [-0.1, -0.05) is 0 Å². The highest BCUT2D eigenvalue weighted by atomic mass is 16.4. The summed E-state index contributed by atoms with van der Waals surface area (Å²) in [4.78, 5) is 10.4. The number of carboxylic acid groups (broad SMARTS) is 1. The molecule has 4 nitrogen and oxygen atoms in total. The number of rotatable bonds is 2. The van der Waals surface area contributed by atoms with Crippen LogP contribution in [0.1, 0.15) is 12.8 Å². The molecule has 1 rings (SSSR count). The van der Waals surface area contributed by atoms with Crippen LogP contribution in [0.5, 0.6) is 0 Å². The molecular formula is C5H10N2O2. The van der Waals surface area contributed by atoms with Crippen LogP contribution < -0.4 is 5.84 Å². The third-order valence-electron chi connectivity index (χ3n) is 1.54. The average Bonchev–Trinajstić information content (AvgIpc) is 2.33. The Balaban J connectivity index is 2.50. The Kier molecular flexibility index (Phi) is 1.34. The molecule has 1 aliphatic rings. The highest BCUT2D eigenvalue weighted by molar-refractivity contribution is 5.73. The molecule has 0 spiro atoms. The van der Waals surface area contributed by atoms with E-state index in [-0.39, 0.29) is 0 Å². The summed E-state index contributed by atoms with van der Waals surface area (Å²) >= 11 is 0. The number of hydrazine groups is 1. The minimum Gasteiger partial charge on any atom is -0.480 e. The molecule has 52 valence electrons. The molecule has 0 aromatic carbocycles. The number of nitrogens with zero attached hydrogens (tertiary/aromatic N) is 1. The van der Waals surface area contributed by atoms with Gasteiger partial charge in [-0.05, 0) is 12.8 Å². The molecule has 0 bridgehead atoms. The van der Waals surface area contributed by atoms with Gasteiger partial charge in [-0.15, -0.1) is 0 Å². The van der Waals surface area contributed by atoms with Gasteiger partial charge in [-0.2, -0.15) is 0 Å². The van der Waals surface area contributed by atoms with Gasteiger partial charge in [-0.3, -0.25) is 10.6 Å². The van der Waals surface area contributed by atoms with Crippen LogP contribution in [0, 0.1) is 0 Å². The molecule has 1 atom stereocenters. The zero-order valence-electron chi connectivity index (χ0n) is 6.00. The number of carbonyl (C=O) groups is 1. The van der Waals surface area contributed by atoms with E-state index in [1.54, 1.807) is 0 Å². The largest absolute Gasteiger partial charge is 0.480 e. The highest BCUT2D eigenvalue weighted by Gasteiger charge is 2.27. The molecule has 1 fully saturated rings. The van der Waals surface area contributed by atoms with Gasteiger partial charge in [0.25, 0.3) is 0 Å². The van der Waals surface area contributed by atoms with Crippen LogP contribution in [0.25, 0.3) is 0 Å². The van der Waals surface area contributed by atoms with Gasteiger partial charge in [-0.25, -0.2) is 5.01 Å². The number of aliphatic carboxylic acids is 1. The van der Waals surface area contributed by atoms with Crippen LogP contribution >= 0.6 is 0 Å². The van der Waals surface area contributed by atoms with E-state index in [9.17, 15) is 4.79 Å². The zero-order valence-corrected chi connectivity index (χ0v) is 5.00. The molecule has 0 radical (unpaired) electrons. The topological polar surface area (TPSA) is 66.6 Å². The van der Waals surface area contributed by atoms with E-state index in [0.29, 0.717) is 13.0 Å². The molecule has 0 saturated carbocycles. The molecule has 0 aromatic heterocycles. The third kappa shape index (κ3) is 1.20. The van der Waals surface area contributed by atoms with Crippen LogP contribution in [0.15, 0.2) is 0 Å². The molecule has 0 aliphatic carbocycles. The van der Waals surface area contributed by atoms with Crippen LogP contribution in [0.2, 0.25) is 1.41 Å². The molecule has 1 saturated heterocycles. The second-order valence-electron chi connectivity index (χ2n) is 2.19. The summed E-state index contributed by atoms with van der Waals surface area (Å²) < 4.78 is 6.74. The first-order valence-corrected chi connectivity index (χ1v) is 2.92. The lowest BCUT2D eigenvalue weighted by Crippen LogP contribution is -2.40. The lowest BCUT2D eigenvalue weighted by atomic mass is 10.2. The van der Waals surface area contributed by atoms with E-state index in [1.165, 1.54) is 5.01 Å². The summed E-state index contributed by atoms with van der Waals surface area (Å²) in [5, 5.41) is 9.97. The maximum atomic E-state index is 10.4. The van der Waals surface area contributed by atoms with Crippen molar-refractivity contribution in [1.82, 2.24) is 5.01 Å². The first-order chi connectivity index (χ1) is 4.75. The average molecular weight is 131 g/mol. The highest BCUT2D eigenvalue weighted by Crippen LogP contribution is 2.12. The van der Waals surface area contributed by atoms with Gasteiger partial charge in [0.2, 0.25) is 0 Å². The molecule has 1 heterocycles. The predicted octanol–water partition coefficient (Wildman–Crippen LogP) is -0.591. The van der Waals surface area contributed by atoms with Crippen molar-refractivity contribution in [3.05, 3.63) is 0 Å². The second kappa shape index (κ2) is 2.33. The molecule has 1 aliphatic heterocycles. The number of carboxylic acids is 1. The Morgan fingerprint density at radius 2 is 2.78 bits per heavy atom. The van der Waals surface area contributed by atoms with E-state index in [4.69, 9.17) is 6.52 Å². The van der Waals surface area contributed by atoms with Crippen molar-refractivity contribution < 1.29 is 11.3 Å². The van der Waals surface area contributed by atoms with Crippen LogP contribution in [0.3, 0.4) is 0 Å². The van der Waals surface area contributed by atoms with Crippen LogP contribution in [-0.2, 0) is 4.79 Å². The van der Waals surface area contributed by atoms with Crippen molar-refractivity contribution >= 4 is 5.97 Å². The third-order valence-corrected chi connectivity index (χ3v) is 1.54. The van der Waals surface area contributed by atoms with E-state index in [1.807, 2.05) is 0 Å². The van der Waals surface area contributed by atoms with Gasteiger partial charge in [0, 0.05) is 6.54 Å². The Morgan fingerprint density at radius 3 is 3.22 bits per heavy atom. The Labute approximate surface area is 54.7 Å². The predicted molar refractivity (Wildman–Crippen MR) is 31.6 cm³/mol. The summed E-state index contributed by atoms with van der Waals surface area (Å²) in [6.45, 7) is 0.653. The Bertz CT molecular complexity index is 142. The monoisotopic (exact) mass is 131 g/mol. The maximum absolute atomic E-state index is 10.4. The fraction of sp³-hybridized carbons (Fsp3) is 0.800. The van der Waals surface area contributed by atoms with Crippen LogP contribution in [0.4, 0.5) is 0 Å². The second-order valence-corrected chi connectivity index (χ2v) is 2.19. The summed E-state index contributed by atoms with van der Waals surface area (Å²) in [5.74, 6) is 1.25. The Hall–Kier alpha value is -0.610. The SMILES string of the molecule is [2H]NN1CCC[C@H]1C(=O)O. The zero-order chi connectivity index (χ0) is 7.56. The van der Waals surface area contributed by atoms with E-state index in [2.05, 4.69) is 5.84 Å². The van der Waals surface area contributed by atoms with Crippen molar-refractivity contribution in [2.75, 3.05) is 6.54 Å². The van der Waals surface area contributed by atoms with Gasteiger partial charge >= 0.3 is 5.97 Å². The van der Waals surface area contributed by atoms with Crippen molar-refractivity contribution in [3.63, 3.8) is 0 Å². The molecule has 4 heteroatoms. The fourth-order valence-electron chi connectivity index (χ4n) is 1.02. The van der Waals surface area contributed by atoms with Gasteiger partial charge in [0.05, 0.1) is 0 Å². The lowest BCUT2D eigenvalue weighted by molar-refractivity contribution is -0.142. The summed E-state index contributed by atoms with van der Waals surface area (Å²) in [5.41, 5.74) is 0. The van der Waals surface area contributed by atoms with Crippen molar-refractivity contribution in [3.8, 4) is 0 Å². The van der Waals surface area contributed by atoms with E-state index >= 15 is 0 Å². The normalized spacial score (nSPS) is 30.2. The van der Waals surface area contributed by atoms with Crippen molar-refractivity contribution in [2.45, 2.75) is 18.9 Å². The lowest BCUT2D eigenvalue weighted by Gasteiger charge is -2.12. The van der Waals surface area contributed by atoms with Crippen molar-refractivity contribution in [1.29, 1.82) is 0 Å². The fourth-order valence-corrected chi connectivity index (χ4v) is 1.02. The molecule has 0 unspecified atom stereocenters. The minimum atomic E-state index is -0.850. The van der Waals surface area contributed by atoms with Gasteiger partial charge < -0.3 is 5.11 Å². The van der Waals surface area contributed by atoms with Gasteiger partial charge in [0.1, 0.15) is 7.45 Å². The summed E-state index contributed by atoms with van der Waals surface area (Å²) in [6.07, 6.45) is 1.49. The Morgan fingerprint density at radius 1 is 2.00 bits per heavy atom. The smallest absolute Gasteiger partial charge is 0.322 e. The first-order valence-electron chi connectivity index (χ1n) is 3.42. The van der Waals surface area contributed by atoms with E-state index in [0.717, 1.165) is 6.42 Å². The standard InChI is InChI=1S/C5H10N2O2/c6-7-3-1-2-4(7)5(8)9/h4H,1-3,6H2,(H,8,9)/t4-/m0/s1/i/hD. The van der Waals surface area contributed by atoms with Crippen molar-refractivity contribution in [2.24, 2.45) is 5.84 Å². The molecule has 0 amide bonds. The maximum Gasteiger partial charge on any atom is 0.322 e. The summed E-state index contributed by atoms with van der Waals surface area (Å²) in [6, 6.07) is -0.502. The van der Waals surface area contributed by atoms with Gasteiger partial charge in [0.15, 0.2) is 0 Å². The van der Waals surface area contributed by atoms with Crippen LogP contribution in [-0.4, -0.2) is 28.7 Å². The quantitative estimate of drug-likeness (QED) is 0.491. The minimum absolute atomic E-state index is 0.502. The summed E-state index contributed by atoms with van der Waals surface area (Å²) in [7, 11) is 0. The molecule has 0 aromatic rings. The first kappa shape index (κ1) is 5.20. The number of nitrogens with two attached hydrogens (primary N) is 1.